The molecule has 0 radical (unpaired) electrons. The Morgan fingerprint density at radius 2 is 1.94 bits per heavy atom. The summed E-state index contributed by atoms with van der Waals surface area (Å²) < 4.78 is 5.13. The van der Waals surface area contributed by atoms with Crippen LogP contribution in [0.1, 0.15) is 51.9 Å². The quantitative estimate of drug-likeness (QED) is 0.449. The lowest BCUT2D eigenvalue weighted by atomic mass is 9.83. The number of rotatable bonds is 6. The second kappa shape index (κ2) is 7.90. The summed E-state index contributed by atoms with van der Waals surface area (Å²) in [5.41, 5.74) is 0.346. The number of ether oxygens (including phenoxy) is 1. The number of carbonyl (C=O) groups is 2. The average Bonchev–Trinajstić information content (AvgIpc) is 2.37. The Morgan fingerprint density at radius 1 is 1.28 bits per heavy atom. The van der Waals surface area contributed by atoms with E-state index in [0.29, 0.717) is 12.2 Å². The Morgan fingerprint density at radius 3 is 2.50 bits per heavy atom. The van der Waals surface area contributed by atoms with Crippen LogP contribution in [0.2, 0.25) is 0 Å². The summed E-state index contributed by atoms with van der Waals surface area (Å²) in [5.74, 6) is -1.45. The molecule has 0 aliphatic heterocycles. The number of hydrogen-bond donors (Lipinski definition) is 1. The average molecular weight is 254 g/mol. The summed E-state index contributed by atoms with van der Waals surface area (Å²) in [6.45, 7) is 2.39. The van der Waals surface area contributed by atoms with E-state index in [-0.39, 0.29) is 5.92 Å². The van der Waals surface area contributed by atoms with Crippen molar-refractivity contribution in [1.29, 1.82) is 0 Å². The van der Waals surface area contributed by atoms with Gasteiger partial charge in [-0.15, -0.1) is 0 Å². The Labute approximate surface area is 108 Å². The third kappa shape index (κ3) is 4.90. The maximum absolute atomic E-state index is 11.9. The van der Waals surface area contributed by atoms with Crippen LogP contribution in [0.15, 0.2) is 11.6 Å². The fourth-order valence-electron chi connectivity index (χ4n) is 2.28. The monoisotopic (exact) mass is 254 g/mol. The molecule has 0 heterocycles. The first-order chi connectivity index (χ1) is 8.65. The number of carboxylic acids is 1. The minimum absolute atomic E-state index is 0.0592. The number of carboxylic acid groups (broad SMARTS) is 1. The van der Waals surface area contributed by atoms with Crippen molar-refractivity contribution in [2.24, 2.45) is 5.92 Å². The highest BCUT2D eigenvalue weighted by molar-refractivity contribution is 5.96. The molecule has 0 aromatic carbocycles. The molecule has 0 amide bonds. The molecule has 0 unspecified atom stereocenters. The SMILES string of the molecule is CCCCOC(=O)/C(=C\C(=O)O)C1CCCCC1. The maximum Gasteiger partial charge on any atom is 0.334 e. The van der Waals surface area contributed by atoms with Crippen LogP contribution in [0.4, 0.5) is 0 Å². The summed E-state index contributed by atoms with van der Waals surface area (Å²) in [4.78, 5) is 22.7. The third-order valence-corrected chi connectivity index (χ3v) is 3.29. The fourth-order valence-corrected chi connectivity index (χ4v) is 2.28. The molecule has 0 atom stereocenters. The Kier molecular flexibility index (Phi) is 6.47. The van der Waals surface area contributed by atoms with E-state index in [4.69, 9.17) is 9.84 Å². The van der Waals surface area contributed by atoms with Crippen molar-refractivity contribution in [3.8, 4) is 0 Å². The van der Waals surface area contributed by atoms with E-state index < -0.39 is 11.9 Å². The summed E-state index contributed by atoms with van der Waals surface area (Å²) in [5, 5.41) is 8.85. The molecule has 1 aliphatic carbocycles. The highest BCUT2D eigenvalue weighted by atomic mass is 16.5. The van der Waals surface area contributed by atoms with Crippen LogP contribution < -0.4 is 0 Å². The molecule has 1 saturated carbocycles. The molecule has 1 rings (SSSR count). The molecule has 4 nitrogen and oxygen atoms in total. The number of hydrogen-bond acceptors (Lipinski definition) is 3. The van der Waals surface area contributed by atoms with Crippen LogP contribution >= 0.6 is 0 Å². The molecule has 18 heavy (non-hydrogen) atoms. The summed E-state index contributed by atoms with van der Waals surface area (Å²) in [7, 11) is 0. The molecule has 0 aromatic heterocycles. The van der Waals surface area contributed by atoms with Gasteiger partial charge in [-0.05, 0) is 25.2 Å². The van der Waals surface area contributed by atoms with Gasteiger partial charge >= 0.3 is 11.9 Å². The van der Waals surface area contributed by atoms with E-state index >= 15 is 0 Å². The topological polar surface area (TPSA) is 63.6 Å². The molecule has 1 fully saturated rings. The van der Waals surface area contributed by atoms with Crippen molar-refractivity contribution in [2.45, 2.75) is 51.9 Å². The zero-order valence-electron chi connectivity index (χ0n) is 11.0. The van der Waals surface area contributed by atoms with Gasteiger partial charge in [-0.3, -0.25) is 0 Å². The van der Waals surface area contributed by atoms with E-state index in [0.717, 1.165) is 44.6 Å². The normalized spacial score (nSPS) is 17.5. The van der Waals surface area contributed by atoms with E-state index in [1.165, 1.54) is 6.42 Å². The van der Waals surface area contributed by atoms with Gasteiger partial charge in [0.2, 0.25) is 0 Å². The number of unbranched alkanes of at least 4 members (excludes halogenated alkanes) is 1. The van der Waals surface area contributed by atoms with E-state index in [2.05, 4.69) is 0 Å². The Bertz CT molecular complexity index is 314. The molecular weight excluding hydrogens is 232 g/mol. The van der Waals surface area contributed by atoms with Gasteiger partial charge in [0.05, 0.1) is 6.61 Å². The number of carbonyl (C=O) groups excluding carboxylic acids is 1. The lowest BCUT2D eigenvalue weighted by Crippen LogP contribution is -2.20. The van der Waals surface area contributed by atoms with Crippen molar-refractivity contribution in [3.63, 3.8) is 0 Å². The van der Waals surface area contributed by atoms with E-state index in [1.54, 1.807) is 0 Å². The van der Waals surface area contributed by atoms with Gasteiger partial charge in [-0.2, -0.15) is 0 Å². The van der Waals surface area contributed by atoms with E-state index in [9.17, 15) is 9.59 Å². The Balaban J connectivity index is 2.65. The molecule has 1 N–H and O–H groups in total. The molecule has 4 heteroatoms. The molecule has 0 bridgehead atoms. The maximum atomic E-state index is 11.9. The van der Waals surface area contributed by atoms with Crippen molar-refractivity contribution in [2.75, 3.05) is 6.61 Å². The van der Waals surface area contributed by atoms with Crippen LogP contribution in [-0.2, 0) is 14.3 Å². The summed E-state index contributed by atoms with van der Waals surface area (Å²) in [6, 6.07) is 0. The van der Waals surface area contributed by atoms with Gasteiger partial charge in [-0.1, -0.05) is 32.6 Å². The minimum Gasteiger partial charge on any atom is -0.478 e. The van der Waals surface area contributed by atoms with Crippen LogP contribution in [0.5, 0.6) is 0 Å². The second-order valence-electron chi connectivity index (χ2n) is 4.76. The van der Waals surface area contributed by atoms with Crippen molar-refractivity contribution >= 4 is 11.9 Å². The lowest BCUT2D eigenvalue weighted by molar-refractivity contribution is -0.141. The molecule has 0 saturated heterocycles. The molecule has 102 valence electrons. The number of esters is 1. The van der Waals surface area contributed by atoms with Gasteiger partial charge in [0.1, 0.15) is 0 Å². The lowest BCUT2D eigenvalue weighted by Gasteiger charge is -2.23. The molecular formula is C14H22O4. The van der Waals surface area contributed by atoms with Crippen LogP contribution in [-0.4, -0.2) is 23.7 Å². The molecule has 1 aliphatic rings. The van der Waals surface area contributed by atoms with Gasteiger partial charge in [0, 0.05) is 11.6 Å². The van der Waals surface area contributed by atoms with Crippen LogP contribution in [0, 0.1) is 5.92 Å². The first-order valence-electron chi connectivity index (χ1n) is 6.76. The first kappa shape index (κ1) is 14.7. The summed E-state index contributed by atoms with van der Waals surface area (Å²) in [6.07, 6.45) is 7.87. The van der Waals surface area contributed by atoms with E-state index in [1.807, 2.05) is 6.92 Å². The smallest absolute Gasteiger partial charge is 0.334 e. The van der Waals surface area contributed by atoms with Crippen LogP contribution in [0.3, 0.4) is 0 Å². The van der Waals surface area contributed by atoms with Crippen molar-refractivity contribution < 1.29 is 19.4 Å². The van der Waals surface area contributed by atoms with Gasteiger partial charge in [0.25, 0.3) is 0 Å². The Hall–Kier alpha value is -1.32. The van der Waals surface area contributed by atoms with Crippen molar-refractivity contribution in [1.82, 2.24) is 0 Å². The minimum atomic E-state index is -1.07. The zero-order valence-corrected chi connectivity index (χ0v) is 11.0. The van der Waals surface area contributed by atoms with Crippen molar-refractivity contribution in [3.05, 3.63) is 11.6 Å². The fraction of sp³-hybridized carbons (Fsp3) is 0.714. The molecule has 0 aromatic rings. The van der Waals surface area contributed by atoms with Crippen LogP contribution in [0.25, 0.3) is 0 Å². The largest absolute Gasteiger partial charge is 0.478 e. The molecule has 0 spiro atoms. The number of aliphatic carboxylic acids is 1. The third-order valence-electron chi connectivity index (χ3n) is 3.29. The zero-order chi connectivity index (χ0) is 13.4. The second-order valence-corrected chi connectivity index (χ2v) is 4.76. The standard InChI is InChI=1S/C14H22O4/c1-2-3-9-18-14(17)12(10-13(15)16)11-7-5-4-6-8-11/h10-11H,2-9H2,1H3,(H,15,16)/b12-10-. The predicted molar refractivity (Wildman–Crippen MR) is 68.2 cm³/mol. The highest BCUT2D eigenvalue weighted by Gasteiger charge is 2.25. The predicted octanol–water partition coefficient (Wildman–Crippen LogP) is 2.92. The van der Waals surface area contributed by atoms with Gasteiger partial charge in [-0.25, -0.2) is 9.59 Å². The highest BCUT2D eigenvalue weighted by Crippen LogP contribution is 2.30. The van der Waals surface area contributed by atoms with Gasteiger partial charge in [0.15, 0.2) is 0 Å². The summed E-state index contributed by atoms with van der Waals surface area (Å²) >= 11 is 0. The first-order valence-corrected chi connectivity index (χ1v) is 6.76. The van der Waals surface area contributed by atoms with Gasteiger partial charge < -0.3 is 9.84 Å².